The summed E-state index contributed by atoms with van der Waals surface area (Å²) < 4.78 is 38.6. The van der Waals surface area contributed by atoms with Crippen LogP contribution in [0.1, 0.15) is 12.8 Å². The van der Waals surface area contributed by atoms with Crippen LogP contribution in [0.3, 0.4) is 0 Å². The van der Waals surface area contributed by atoms with E-state index in [2.05, 4.69) is 0 Å². The first-order valence-electron chi connectivity index (χ1n) is 7.67. The third kappa shape index (κ3) is 3.55. The van der Waals surface area contributed by atoms with Crippen LogP contribution in [0, 0.1) is 11.6 Å². The third-order valence-corrected chi connectivity index (χ3v) is 4.05. The minimum absolute atomic E-state index is 0.0900. The van der Waals surface area contributed by atoms with E-state index in [1.54, 1.807) is 0 Å². The molecule has 1 aliphatic heterocycles. The van der Waals surface area contributed by atoms with Crippen molar-refractivity contribution in [3.63, 3.8) is 0 Å². The largest absolute Gasteiger partial charge is 0.497 e. The molecule has 3 nitrogen and oxygen atoms in total. The molecule has 2 aromatic carbocycles. The number of para-hydroxylation sites is 1. The molecular formula is C18H19F2NO2. The van der Waals surface area contributed by atoms with E-state index in [0.29, 0.717) is 18.8 Å². The molecule has 0 bridgehead atoms. The molecule has 0 unspecified atom stereocenters. The van der Waals surface area contributed by atoms with Crippen molar-refractivity contribution in [2.45, 2.75) is 18.9 Å². The van der Waals surface area contributed by atoms with Gasteiger partial charge in [0.25, 0.3) is 0 Å². The fourth-order valence-corrected chi connectivity index (χ4v) is 2.80. The summed E-state index contributed by atoms with van der Waals surface area (Å²) in [5.41, 5.74) is 0.250. The van der Waals surface area contributed by atoms with E-state index >= 15 is 0 Å². The SMILES string of the molecule is COc1cc(F)c(F)c(N2CCC(Oc3ccccc3)CC2)c1. The zero-order valence-corrected chi connectivity index (χ0v) is 13.0. The molecular weight excluding hydrogens is 300 g/mol. The molecule has 3 rings (SSSR count). The molecule has 23 heavy (non-hydrogen) atoms. The Kier molecular flexibility index (Phi) is 4.65. The Morgan fingerprint density at radius 2 is 1.70 bits per heavy atom. The van der Waals surface area contributed by atoms with E-state index in [1.165, 1.54) is 13.2 Å². The fourth-order valence-electron chi connectivity index (χ4n) is 2.80. The molecule has 0 saturated carbocycles. The Balaban J connectivity index is 1.66. The van der Waals surface area contributed by atoms with Gasteiger partial charge in [-0.05, 0) is 12.1 Å². The molecule has 1 saturated heterocycles. The standard InChI is InChI=1S/C18H19F2NO2/c1-22-15-11-16(19)18(20)17(12-15)21-9-7-14(8-10-21)23-13-5-3-2-4-6-13/h2-6,11-12,14H,7-10H2,1H3. The fraction of sp³-hybridized carbons (Fsp3) is 0.333. The minimum Gasteiger partial charge on any atom is -0.497 e. The Bertz CT molecular complexity index is 656. The predicted octanol–water partition coefficient (Wildman–Crippen LogP) is 4.02. The van der Waals surface area contributed by atoms with Crippen molar-refractivity contribution in [1.82, 2.24) is 0 Å². The summed E-state index contributed by atoms with van der Waals surface area (Å²) in [5, 5.41) is 0. The highest BCUT2D eigenvalue weighted by atomic mass is 19.2. The van der Waals surface area contributed by atoms with Gasteiger partial charge in [0.1, 0.15) is 17.6 Å². The molecule has 0 N–H and O–H groups in total. The number of halogens is 2. The van der Waals surface area contributed by atoms with Crippen LogP contribution in [0.25, 0.3) is 0 Å². The maximum absolute atomic E-state index is 14.0. The minimum atomic E-state index is -0.887. The summed E-state index contributed by atoms with van der Waals surface area (Å²) in [4.78, 5) is 1.84. The van der Waals surface area contributed by atoms with Gasteiger partial charge in [0.2, 0.25) is 0 Å². The van der Waals surface area contributed by atoms with Gasteiger partial charge in [-0.2, -0.15) is 0 Å². The summed E-state index contributed by atoms with van der Waals surface area (Å²) in [6, 6.07) is 12.2. The number of benzene rings is 2. The number of hydrogen-bond acceptors (Lipinski definition) is 3. The van der Waals surface area contributed by atoms with E-state index in [1.807, 2.05) is 35.2 Å². The van der Waals surface area contributed by atoms with Crippen molar-refractivity contribution in [2.24, 2.45) is 0 Å². The van der Waals surface area contributed by atoms with Crippen molar-refractivity contribution in [1.29, 1.82) is 0 Å². The lowest BCUT2D eigenvalue weighted by atomic mass is 10.1. The second-order valence-electron chi connectivity index (χ2n) is 5.56. The second-order valence-corrected chi connectivity index (χ2v) is 5.56. The summed E-state index contributed by atoms with van der Waals surface area (Å²) in [6.45, 7) is 1.22. The molecule has 2 aromatic rings. The summed E-state index contributed by atoms with van der Waals surface area (Å²) >= 11 is 0. The van der Waals surface area contributed by atoms with Crippen LogP contribution in [0.4, 0.5) is 14.5 Å². The van der Waals surface area contributed by atoms with E-state index < -0.39 is 11.6 Å². The van der Waals surface area contributed by atoms with E-state index in [-0.39, 0.29) is 11.8 Å². The molecule has 5 heteroatoms. The van der Waals surface area contributed by atoms with Crippen LogP contribution in [-0.2, 0) is 0 Å². The lowest BCUT2D eigenvalue weighted by molar-refractivity contribution is 0.170. The average Bonchev–Trinajstić information content (AvgIpc) is 2.59. The zero-order valence-electron chi connectivity index (χ0n) is 13.0. The molecule has 1 heterocycles. The summed E-state index contributed by atoms with van der Waals surface area (Å²) in [6.07, 6.45) is 1.60. The topological polar surface area (TPSA) is 21.7 Å². The van der Waals surface area contributed by atoms with Crippen LogP contribution in [0.5, 0.6) is 11.5 Å². The maximum atomic E-state index is 14.0. The number of methoxy groups -OCH3 is 1. The maximum Gasteiger partial charge on any atom is 0.182 e. The molecule has 0 atom stereocenters. The molecule has 1 fully saturated rings. The van der Waals surface area contributed by atoms with Gasteiger partial charge >= 0.3 is 0 Å². The van der Waals surface area contributed by atoms with Gasteiger partial charge in [-0.1, -0.05) is 18.2 Å². The van der Waals surface area contributed by atoms with E-state index in [0.717, 1.165) is 24.7 Å². The summed E-state index contributed by atoms with van der Waals surface area (Å²) in [5.74, 6) is -0.554. The normalized spacial score (nSPS) is 15.5. The number of nitrogens with zero attached hydrogens (tertiary/aromatic N) is 1. The molecule has 0 aromatic heterocycles. The van der Waals surface area contributed by atoms with E-state index in [9.17, 15) is 8.78 Å². The first-order chi connectivity index (χ1) is 11.2. The van der Waals surface area contributed by atoms with Crippen molar-refractivity contribution in [3.8, 4) is 11.5 Å². The number of piperidine rings is 1. The molecule has 122 valence electrons. The zero-order chi connectivity index (χ0) is 16.2. The highest BCUT2D eigenvalue weighted by molar-refractivity contribution is 5.53. The molecule has 0 amide bonds. The van der Waals surface area contributed by atoms with Crippen LogP contribution < -0.4 is 14.4 Å². The molecule has 0 spiro atoms. The van der Waals surface area contributed by atoms with Gasteiger partial charge < -0.3 is 14.4 Å². The number of hydrogen-bond donors (Lipinski definition) is 0. The molecule has 0 aliphatic carbocycles. The van der Waals surface area contributed by atoms with Crippen molar-refractivity contribution >= 4 is 5.69 Å². The van der Waals surface area contributed by atoms with Crippen LogP contribution in [0.2, 0.25) is 0 Å². The number of ether oxygens (including phenoxy) is 2. The Labute approximate surface area is 134 Å². The monoisotopic (exact) mass is 319 g/mol. The highest BCUT2D eigenvalue weighted by Crippen LogP contribution is 2.30. The van der Waals surface area contributed by atoms with Crippen molar-refractivity contribution in [3.05, 3.63) is 54.1 Å². The van der Waals surface area contributed by atoms with Gasteiger partial charge in [0.15, 0.2) is 11.6 Å². The quantitative estimate of drug-likeness (QED) is 0.849. The van der Waals surface area contributed by atoms with Gasteiger partial charge in [-0.25, -0.2) is 8.78 Å². The van der Waals surface area contributed by atoms with Crippen LogP contribution in [0.15, 0.2) is 42.5 Å². The third-order valence-electron chi connectivity index (χ3n) is 4.05. The smallest absolute Gasteiger partial charge is 0.182 e. The predicted molar refractivity (Wildman–Crippen MR) is 85.2 cm³/mol. The second kappa shape index (κ2) is 6.86. The van der Waals surface area contributed by atoms with E-state index in [4.69, 9.17) is 9.47 Å². The molecule has 0 radical (unpaired) electrons. The average molecular weight is 319 g/mol. The van der Waals surface area contributed by atoms with Gasteiger partial charge in [0.05, 0.1) is 12.8 Å². The lowest BCUT2D eigenvalue weighted by Crippen LogP contribution is -2.38. The number of rotatable bonds is 4. The van der Waals surface area contributed by atoms with Gasteiger partial charge in [-0.15, -0.1) is 0 Å². The highest BCUT2D eigenvalue weighted by Gasteiger charge is 2.24. The van der Waals surface area contributed by atoms with Crippen LogP contribution in [-0.4, -0.2) is 26.3 Å². The first-order valence-corrected chi connectivity index (χ1v) is 7.67. The van der Waals surface area contributed by atoms with Crippen LogP contribution >= 0.6 is 0 Å². The Hall–Kier alpha value is -2.30. The number of anilines is 1. The van der Waals surface area contributed by atoms with Crippen molar-refractivity contribution in [2.75, 3.05) is 25.1 Å². The summed E-state index contributed by atoms with van der Waals surface area (Å²) in [7, 11) is 1.44. The Morgan fingerprint density at radius 3 is 2.35 bits per heavy atom. The first kappa shape index (κ1) is 15.6. The van der Waals surface area contributed by atoms with Gasteiger partial charge in [0, 0.05) is 38.1 Å². The van der Waals surface area contributed by atoms with Crippen molar-refractivity contribution < 1.29 is 18.3 Å². The Morgan fingerprint density at radius 1 is 1.00 bits per heavy atom. The lowest BCUT2D eigenvalue weighted by Gasteiger charge is -2.34. The van der Waals surface area contributed by atoms with Gasteiger partial charge in [-0.3, -0.25) is 0 Å². The molecule has 1 aliphatic rings.